The molecule has 1 aliphatic rings. The number of aryl methyl sites for hydroxylation is 1. The van der Waals surface area contributed by atoms with Crippen LogP contribution in [0.1, 0.15) is 44.0 Å². The average Bonchev–Trinajstić information content (AvgIpc) is 3.15. The summed E-state index contributed by atoms with van der Waals surface area (Å²) in [5.74, 6) is 0.779. The van der Waals surface area contributed by atoms with E-state index in [-0.39, 0.29) is 12.1 Å². The number of hydrogen-bond donors (Lipinski definition) is 2. The first-order valence-corrected chi connectivity index (χ1v) is 10.0. The monoisotopic (exact) mass is 386 g/mol. The molecule has 1 fully saturated rings. The zero-order valence-corrected chi connectivity index (χ0v) is 16.7. The van der Waals surface area contributed by atoms with Crippen LogP contribution in [0.3, 0.4) is 0 Å². The smallest absolute Gasteiger partial charge is 0.321 e. The molecule has 1 atom stereocenters. The quantitative estimate of drug-likeness (QED) is 0.719. The summed E-state index contributed by atoms with van der Waals surface area (Å²) in [4.78, 5) is 14.0. The number of H-pyrrole nitrogens is 1. The first-order valence-electron chi connectivity index (χ1n) is 10.0. The molecule has 0 saturated carbocycles. The molecule has 3 rings (SSSR count). The van der Waals surface area contributed by atoms with Gasteiger partial charge >= 0.3 is 6.03 Å². The predicted octanol–water partition coefficient (Wildman–Crippen LogP) is 3.97. The molecule has 7 nitrogen and oxygen atoms in total. The number of benzene rings is 1. The predicted molar refractivity (Wildman–Crippen MR) is 109 cm³/mol. The number of ether oxygens (including phenoxy) is 2. The van der Waals surface area contributed by atoms with E-state index in [4.69, 9.17) is 9.47 Å². The number of amides is 2. The molecule has 152 valence electrons. The lowest BCUT2D eigenvalue weighted by atomic mass is 10.1. The topological polar surface area (TPSA) is 79.5 Å². The van der Waals surface area contributed by atoms with Crippen molar-refractivity contribution in [3.8, 4) is 5.75 Å². The molecule has 0 aliphatic carbocycles. The fraction of sp³-hybridized carbons (Fsp3) is 0.524. The Kier molecular flexibility index (Phi) is 7.31. The summed E-state index contributed by atoms with van der Waals surface area (Å²) in [6.45, 7) is 3.99. The molecular formula is C21H30N4O3. The standard InChI is InChI=1S/C21H30N4O3/c1-3-6-17-13-18(24-23-17)14-25(2)21(26)22-16-8-10-19(11-9-16)28-15-20-7-4-5-12-27-20/h8-11,13,20H,3-7,12,14-15H2,1-2H3,(H,22,26)(H,23,24). The summed E-state index contributed by atoms with van der Waals surface area (Å²) < 4.78 is 11.5. The van der Waals surface area contributed by atoms with Gasteiger partial charge in [-0.2, -0.15) is 5.10 Å². The maximum absolute atomic E-state index is 12.4. The van der Waals surface area contributed by atoms with Crippen molar-refractivity contribution in [3.05, 3.63) is 41.7 Å². The Bertz CT molecular complexity index is 738. The third-order valence-electron chi connectivity index (χ3n) is 4.76. The highest BCUT2D eigenvalue weighted by Gasteiger charge is 2.15. The number of aromatic nitrogens is 2. The van der Waals surface area contributed by atoms with Crippen LogP contribution in [0.5, 0.6) is 5.75 Å². The first kappa shape index (κ1) is 20.2. The number of carbonyl (C=O) groups excluding carboxylic acids is 1. The Labute approximate surface area is 166 Å². The SMILES string of the molecule is CCCc1cc(CN(C)C(=O)Nc2ccc(OCC3CCCCO3)cc2)[nH]n1. The first-order chi connectivity index (χ1) is 13.6. The molecule has 1 aromatic heterocycles. The zero-order chi connectivity index (χ0) is 19.8. The van der Waals surface area contributed by atoms with Gasteiger partial charge in [-0.05, 0) is 56.0 Å². The highest BCUT2D eigenvalue weighted by atomic mass is 16.5. The summed E-state index contributed by atoms with van der Waals surface area (Å²) in [7, 11) is 1.76. The summed E-state index contributed by atoms with van der Waals surface area (Å²) in [6, 6.07) is 9.26. The number of nitrogens with one attached hydrogen (secondary N) is 2. The van der Waals surface area contributed by atoms with Crippen molar-refractivity contribution in [3.63, 3.8) is 0 Å². The van der Waals surface area contributed by atoms with Gasteiger partial charge < -0.3 is 19.7 Å². The normalized spacial score (nSPS) is 16.6. The Hall–Kier alpha value is -2.54. The minimum atomic E-state index is -0.170. The van der Waals surface area contributed by atoms with Crippen molar-refractivity contribution < 1.29 is 14.3 Å². The van der Waals surface area contributed by atoms with E-state index in [1.807, 2.05) is 30.3 Å². The number of aromatic amines is 1. The Morgan fingerprint density at radius 3 is 2.89 bits per heavy atom. The van der Waals surface area contributed by atoms with E-state index in [9.17, 15) is 4.79 Å². The molecule has 28 heavy (non-hydrogen) atoms. The molecule has 2 aromatic rings. The van der Waals surface area contributed by atoms with Gasteiger partial charge in [-0.15, -0.1) is 0 Å². The number of hydrogen-bond acceptors (Lipinski definition) is 4. The molecule has 0 spiro atoms. The zero-order valence-electron chi connectivity index (χ0n) is 16.7. The Morgan fingerprint density at radius 2 is 2.18 bits per heavy atom. The molecule has 7 heteroatoms. The molecule has 1 saturated heterocycles. The van der Waals surface area contributed by atoms with Crippen LogP contribution in [0.25, 0.3) is 0 Å². The molecule has 1 aliphatic heterocycles. The van der Waals surface area contributed by atoms with E-state index >= 15 is 0 Å². The van der Waals surface area contributed by atoms with E-state index in [1.54, 1.807) is 11.9 Å². The number of urea groups is 1. The highest BCUT2D eigenvalue weighted by molar-refractivity contribution is 5.89. The van der Waals surface area contributed by atoms with Crippen molar-refractivity contribution in [2.75, 3.05) is 25.6 Å². The van der Waals surface area contributed by atoms with Gasteiger partial charge in [0.25, 0.3) is 0 Å². The van der Waals surface area contributed by atoms with Gasteiger partial charge in [0.2, 0.25) is 0 Å². The second-order valence-corrected chi connectivity index (χ2v) is 7.24. The van der Waals surface area contributed by atoms with Crippen molar-refractivity contribution in [1.29, 1.82) is 0 Å². The van der Waals surface area contributed by atoms with E-state index in [1.165, 1.54) is 6.42 Å². The summed E-state index contributed by atoms with van der Waals surface area (Å²) in [5.41, 5.74) is 2.68. The fourth-order valence-corrected chi connectivity index (χ4v) is 3.18. The van der Waals surface area contributed by atoms with Crippen LogP contribution in [0.2, 0.25) is 0 Å². The Morgan fingerprint density at radius 1 is 1.36 bits per heavy atom. The molecular weight excluding hydrogens is 356 g/mol. The average molecular weight is 386 g/mol. The lowest BCUT2D eigenvalue weighted by molar-refractivity contribution is -0.0110. The third-order valence-corrected chi connectivity index (χ3v) is 4.76. The fourth-order valence-electron chi connectivity index (χ4n) is 3.18. The van der Waals surface area contributed by atoms with Gasteiger partial charge in [-0.3, -0.25) is 5.10 Å². The lowest BCUT2D eigenvalue weighted by Crippen LogP contribution is -2.30. The van der Waals surface area contributed by atoms with Gasteiger partial charge in [0, 0.05) is 19.3 Å². The van der Waals surface area contributed by atoms with Crippen LogP contribution < -0.4 is 10.1 Å². The van der Waals surface area contributed by atoms with Crippen molar-refractivity contribution >= 4 is 11.7 Å². The molecule has 2 N–H and O–H groups in total. The minimum absolute atomic E-state index is 0.170. The van der Waals surface area contributed by atoms with Crippen LogP contribution in [0.4, 0.5) is 10.5 Å². The van der Waals surface area contributed by atoms with E-state index in [0.29, 0.717) is 13.2 Å². The largest absolute Gasteiger partial charge is 0.491 e. The number of nitrogens with zero attached hydrogens (tertiary/aromatic N) is 2. The summed E-state index contributed by atoms with van der Waals surface area (Å²) >= 11 is 0. The second kappa shape index (κ2) is 10.1. The molecule has 0 radical (unpaired) electrons. The molecule has 0 bridgehead atoms. The maximum atomic E-state index is 12.4. The minimum Gasteiger partial charge on any atom is -0.491 e. The maximum Gasteiger partial charge on any atom is 0.321 e. The van der Waals surface area contributed by atoms with Crippen LogP contribution in [0.15, 0.2) is 30.3 Å². The van der Waals surface area contributed by atoms with Crippen molar-refractivity contribution in [2.24, 2.45) is 0 Å². The van der Waals surface area contributed by atoms with Crippen molar-refractivity contribution in [1.82, 2.24) is 15.1 Å². The molecule has 1 aromatic carbocycles. The van der Waals surface area contributed by atoms with E-state index in [0.717, 1.165) is 55.1 Å². The van der Waals surface area contributed by atoms with Gasteiger partial charge in [-0.25, -0.2) is 4.79 Å². The van der Waals surface area contributed by atoms with Gasteiger partial charge in [-0.1, -0.05) is 13.3 Å². The van der Waals surface area contributed by atoms with Crippen LogP contribution >= 0.6 is 0 Å². The molecule has 2 heterocycles. The number of carbonyl (C=O) groups is 1. The summed E-state index contributed by atoms with van der Waals surface area (Å²) in [6.07, 6.45) is 5.56. The van der Waals surface area contributed by atoms with E-state index < -0.39 is 0 Å². The second-order valence-electron chi connectivity index (χ2n) is 7.24. The lowest BCUT2D eigenvalue weighted by Gasteiger charge is -2.22. The van der Waals surface area contributed by atoms with Crippen LogP contribution in [-0.2, 0) is 17.7 Å². The van der Waals surface area contributed by atoms with Crippen LogP contribution in [-0.4, -0.2) is 47.5 Å². The molecule has 2 amide bonds. The summed E-state index contributed by atoms with van der Waals surface area (Å²) in [5, 5.41) is 10.1. The number of rotatable bonds is 8. The van der Waals surface area contributed by atoms with Gasteiger partial charge in [0.1, 0.15) is 12.4 Å². The Balaban J connectivity index is 1.44. The third kappa shape index (κ3) is 5.99. The number of anilines is 1. The van der Waals surface area contributed by atoms with E-state index in [2.05, 4.69) is 22.4 Å². The molecule has 1 unspecified atom stereocenters. The highest BCUT2D eigenvalue weighted by Crippen LogP contribution is 2.19. The van der Waals surface area contributed by atoms with Gasteiger partial charge in [0.15, 0.2) is 0 Å². The van der Waals surface area contributed by atoms with Crippen LogP contribution in [0, 0.1) is 0 Å². The van der Waals surface area contributed by atoms with Gasteiger partial charge in [0.05, 0.1) is 24.0 Å². The van der Waals surface area contributed by atoms with Crippen molar-refractivity contribution in [2.45, 2.75) is 51.7 Å².